The number of nitrogens with zero attached hydrogens (tertiary/aromatic N) is 6. The van der Waals surface area contributed by atoms with Crippen LogP contribution in [0.1, 0.15) is 25.1 Å². The van der Waals surface area contributed by atoms with Gasteiger partial charge in [-0.1, -0.05) is 17.3 Å². The second-order valence-electron chi connectivity index (χ2n) is 7.53. The van der Waals surface area contributed by atoms with Crippen molar-refractivity contribution in [3.05, 3.63) is 54.4 Å². The molecule has 31 heavy (non-hydrogen) atoms. The second kappa shape index (κ2) is 7.75. The Kier molecular flexibility index (Phi) is 4.78. The summed E-state index contributed by atoms with van der Waals surface area (Å²) in [6.07, 6.45) is 2.69. The van der Waals surface area contributed by atoms with Crippen LogP contribution in [-0.2, 0) is 6.54 Å². The summed E-state index contributed by atoms with van der Waals surface area (Å²) in [7, 11) is 1.60. The van der Waals surface area contributed by atoms with Crippen molar-refractivity contribution in [2.75, 3.05) is 24.3 Å². The molecule has 9 nitrogen and oxygen atoms in total. The molecule has 0 radical (unpaired) electrons. The van der Waals surface area contributed by atoms with Crippen molar-refractivity contribution < 1.29 is 9.26 Å². The molecule has 0 fully saturated rings. The van der Waals surface area contributed by atoms with E-state index in [2.05, 4.69) is 36.7 Å². The van der Waals surface area contributed by atoms with Gasteiger partial charge in [-0.3, -0.25) is 4.57 Å². The van der Waals surface area contributed by atoms with Crippen molar-refractivity contribution in [1.29, 1.82) is 0 Å². The number of hydrogen-bond donors (Lipinski definition) is 1. The number of hydrogen-bond acceptors (Lipinski definition) is 8. The first-order chi connectivity index (χ1) is 15.1. The van der Waals surface area contributed by atoms with Crippen molar-refractivity contribution in [3.8, 4) is 28.6 Å². The predicted molar refractivity (Wildman–Crippen MR) is 117 cm³/mol. The molecule has 0 bridgehead atoms. The molecule has 1 aromatic carbocycles. The number of anilines is 2. The summed E-state index contributed by atoms with van der Waals surface area (Å²) in [5.74, 6) is 2.86. The Balaban J connectivity index is 1.45. The normalized spacial score (nSPS) is 14.3. The minimum Gasteiger partial charge on any atom is -0.481 e. The number of ether oxygens (including phenoxy) is 1. The number of nitrogens with two attached hydrogens (primary N) is 1. The Bertz CT molecular complexity index is 1220. The van der Waals surface area contributed by atoms with E-state index in [-0.39, 0.29) is 6.04 Å². The highest BCUT2D eigenvalue weighted by atomic mass is 16.5. The molecular weight excluding hydrogens is 394 g/mol. The highest BCUT2D eigenvalue weighted by molar-refractivity contribution is 5.63. The number of fused-ring (bicyclic) bond motifs is 1. The van der Waals surface area contributed by atoms with Gasteiger partial charge in [0.15, 0.2) is 11.6 Å². The number of benzene rings is 1. The van der Waals surface area contributed by atoms with Crippen LogP contribution in [-0.4, -0.2) is 38.6 Å². The highest BCUT2D eigenvalue weighted by Crippen LogP contribution is 2.34. The van der Waals surface area contributed by atoms with Gasteiger partial charge in [0.1, 0.15) is 5.69 Å². The SMILES string of the molecule is COc1cc(-c2nnc3n2CCCN3[C@H](C)c2cc(-c3cccc(N)c3)on2)ccn1. The Morgan fingerprint density at radius 3 is 2.84 bits per heavy atom. The molecule has 4 aromatic rings. The first kappa shape index (κ1) is 19.1. The third kappa shape index (κ3) is 3.48. The quantitative estimate of drug-likeness (QED) is 0.491. The van der Waals surface area contributed by atoms with E-state index in [1.54, 1.807) is 13.3 Å². The van der Waals surface area contributed by atoms with Crippen LogP contribution in [0.2, 0.25) is 0 Å². The van der Waals surface area contributed by atoms with Crippen LogP contribution < -0.4 is 15.4 Å². The maximum Gasteiger partial charge on any atom is 0.228 e. The molecule has 3 aromatic heterocycles. The van der Waals surface area contributed by atoms with Crippen molar-refractivity contribution in [2.45, 2.75) is 25.9 Å². The molecule has 1 aliphatic rings. The predicted octanol–water partition coefficient (Wildman–Crippen LogP) is 3.56. The standard InChI is InChI=1S/C22H23N7O2/c1-14(18-13-19(31-27-18)15-5-3-6-17(23)11-15)28-9-4-10-29-21(25-26-22(28)29)16-7-8-24-20(12-16)30-2/h3,5-8,11-14H,4,9-10,23H2,1-2H3/t14-/m1/s1. The molecule has 1 aliphatic heterocycles. The lowest BCUT2D eigenvalue weighted by Crippen LogP contribution is -2.35. The molecule has 5 rings (SSSR count). The molecule has 4 heterocycles. The van der Waals surface area contributed by atoms with Crippen LogP contribution in [0.25, 0.3) is 22.7 Å². The number of nitrogen functional groups attached to an aromatic ring is 1. The van der Waals surface area contributed by atoms with Crippen LogP contribution in [0, 0.1) is 0 Å². The van der Waals surface area contributed by atoms with E-state index in [1.807, 2.05) is 42.5 Å². The van der Waals surface area contributed by atoms with Crippen molar-refractivity contribution in [3.63, 3.8) is 0 Å². The third-order valence-electron chi connectivity index (χ3n) is 5.57. The summed E-state index contributed by atoms with van der Waals surface area (Å²) in [4.78, 5) is 6.39. The lowest BCUT2D eigenvalue weighted by molar-refractivity contribution is 0.398. The van der Waals surface area contributed by atoms with Gasteiger partial charge in [-0.05, 0) is 31.5 Å². The number of methoxy groups -OCH3 is 1. The maximum absolute atomic E-state index is 5.90. The molecule has 158 valence electrons. The summed E-state index contributed by atoms with van der Waals surface area (Å²) >= 11 is 0. The number of aromatic nitrogens is 5. The van der Waals surface area contributed by atoms with Gasteiger partial charge in [0.05, 0.1) is 13.2 Å². The third-order valence-corrected chi connectivity index (χ3v) is 5.57. The van der Waals surface area contributed by atoms with Crippen molar-refractivity contribution in [2.24, 2.45) is 0 Å². The van der Waals surface area contributed by atoms with Crippen LogP contribution >= 0.6 is 0 Å². The van der Waals surface area contributed by atoms with Gasteiger partial charge >= 0.3 is 0 Å². The van der Waals surface area contributed by atoms with Gasteiger partial charge in [0.2, 0.25) is 11.8 Å². The lowest BCUT2D eigenvalue weighted by atomic mass is 10.1. The number of rotatable bonds is 5. The minimum atomic E-state index is -0.0263. The van der Waals surface area contributed by atoms with Crippen LogP contribution in [0.4, 0.5) is 11.6 Å². The van der Waals surface area contributed by atoms with E-state index in [1.165, 1.54) is 0 Å². The van der Waals surface area contributed by atoms with E-state index in [4.69, 9.17) is 15.0 Å². The first-order valence-electron chi connectivity index (χ1n) is 10.2. The summed E-state index contributed by atoms with van der Waals surface area (Å²) in [6.45, 7) is 3.80. The Labute approximate surface area is 179 Å². The smallest absolute Gasteiger partial charge is 0.228 e. The molecule has 0 spiro atoms. The molecule has 9 heteroatoms. The zero-order chi connectivity index (χ0) is 21.4. The maximum atomic E-state index is 5.90. The second-order valence-corrected chi connectivity index (χ2v) is 7.53. The molecule has 2 N–H and O–H groups in total. The van der Waals surface area contributed by atoms with Gasteiger partial charge in [0, 0.05) is 48.2 Å². The van der Waals surface area contributed by atoms with E-state index in [0.29, 0.717) is 17.3 Å². The van der Waals surface area contributed by atoms with Gasteiger partial charge in [0.25, 0.3) is 0 Å². The van der Waals surface area contributed by atoms with Crippen LogP contribution in [0.5, 0.6) is 5.88 Å². The number of pyridine rings is 1. The summed E-state index contributed by atoms with van der Waals surface area (Å²) < 4.78 is 13.0. The fraction of sp³-hybridized carbons (Fsp3) is 0.273. The first-order valence-corrected chi connectivity index (χ1v) is 10.2. The average molecular weight is 417 g/mol. The average Bonchev–Trinajstić information content (AvgIpc) is 3.46. The topological polar surface area (TPSA) is 108 Å². The summed E-state index contributed by atoms with van der Waals surface area (Å²) in [6, 6.07) is 13.3. The molecule has 1 atom stereocenters. The fourth-order valence-electron chi connectivity index (χ4n) is 3.93. The minimum absolute atomic E-state index is 0.0263. The largest absolute Gasteiger partial charge is 0.481 e. The Morgan fingerprint density at radius 2 is 2.00 bits per heavy atom. The van der Waals surface area contributed by atoms with E-state index >= 15 is 0 Å². The molecule has 0 unspecified atom stereocenters. The van der Waals surface area contributed by atoms with Crippen molar-refractivity contribution in [1.82, 2.24) is 24.9 Å². The lowest BCUT2D eigenvalue weighted by Gasteiger charge is -2.32. The Morgan fingerprint density at radius 1 is 1.10 bits per heavy atom. The van der Waals surface area contributed by atoms with Crippen molar-refractivity contribution >= 4 is 11.6 Å². The monoisotopic (exact) mass is 417 g/mol. The Hall–Kier alpha value is -3.88. The van der Waals surface area contributed by atoms with E-state index < -0.39 is 0 Å². The van der Waals surface area contributed by atoms with Crippen LogP contribution in [0.3, 0.4) is 0 Å². The molecule has 0 saturated heterocycles. The summed E-state index contributed by atoms with van der Waals surface area (Å²) in [5, 5.41) is 13.3. The van der Waals surface area contributed by atoms with Gasteiger partial charge in [-0.25, -0.2) is 4.98 Å². The summed E-state index contributed by atoms with van der Waals surface area (Å²) in [5.41, 5.74) is 9.25. The van der Waals surface area contributed by atoms with Gasteiger partial charge in [-0.15, -0.1) is 10.2 Å². The highest BCUT2D eigenvalue weighted by Gasteiger charge is 2.29. The van der Waals surface area contributed by atoms with Crippen LogP contribution in [0.15, 0.2) is 53.2 Å². The zero-order valence-corrected chi connectivity index (χ0v) is 17.4. The fourth-order valence-corrected chi connectivity index (χ4v) is 3.93. The molecule has 0 saturated carbocycles. The zero-order valence-electron chi connectivity index (χ0n) is 17.4. The van der Waals surface area contributed by atoms with Gasteiger partial charge < -0.3 is 19.9 Å². The molecule has 0 aliphatic carbocycles. The molecular formula is C22H23N7O2. The molecule has 0 amide bonds. The van der Waals surface area contributed by atoms with E-state index in [9.17, 15) is 0 Å². The van der Waals surface area contributed by atoms with E-state index in [0.717, 1.165) is 48.1 Å². The van der Waals surface area contributed by atoms with Gasteiger partial charge in [-0.2, -0.15) is 0 Å².